The predicted molar refractivity (Wildman–Crippen MR) is 123 cm³/mol. The molecule has 0 saturated carbocycles. The van der Waals surface area contributed by atoms with E-state index in [1.54, 1.807) is 16.8 Å². The fraction of sp³-hybridized carbons (Fsp3) is 0.435. The van der Waals surface area contributed by atoms with Gasteiger partial charge in [0, 0.05) is 6.61 Å². The van der Waals surface area contributed by atoms with Crippen LogP contribution >= 0.6 is 11.6 Å². The van der Waals surface area contributed by atoms with E-state index >= 15 is 0 Å². The molecule has 3 aromatic rings. The summed E-state index contributed by atoms with van der Waals surface area (Å²) in [7, 11) is 0. The molecule has 0 fully saturated rings. The summed E-state index contributed by atoms with van der Waals surface area (Å²) in [6.45, 7) is 5.02. The third-order valence-corrected chi connectivity index (χ3v) is 5.96. The number of aliphatic hydroxyl groups is 1. The van der Waals surface area contributed by atoms with Crippen molar-refractivity contribution in [3.05, 3.63) is 58.4 Å². The SMILES string of the molecule is Cc1c(Cl)c(C(F)(F)F)nn1C(CCCCO)C(=O)Nc1cnn(-c2ccc(F)cc2)c1C(C)C. The number of alkyl halides is 3. The number of unbranched alkanes of at least 4 members (excludes halogenated alkanes) is 1. The van der Waals surface area contributed by atoms with Crippen LogP contribution in [0.25, 0.3) is 5.69 Å². The minimum atomic E-state index is -4.78. The summed E-state index contributed by atoms with van der Waals surface area (Å²) in [6.07, 6.45) is -2.47. The molecule has 1 unspecified atom stereocenters. The summed E-state index contributed by atoms with van der Waals surface area (Å²) in [5, 5.41) is 19.3. The maximum atomic E-state index is 13.4. The highest BCUT2D eigenvalue weighted by Crippen LogP contribution is 2.37. The van der Waals surface area contributed by atoms with Gasteiger partial charge in [0.2, 0.25) is 5.91 Å². The maximum Gasteiger partial charge on any atom is 0.436 e. The van der Waals surface area contributed by atoms with Crippen LogP contribution in [-0.2, 0) is 11.0 Å². The first-order chi connectivity index (χ1) is 16.5. The summed E-state index contributed by atoms with van der Waals surface area (Å²) >= 11 is 5.90. The van der Waals surface area contributed by atoms with Gasteiger partial charge in [-0.15, -0.1) is 0 Å². The van der Waals surface area contributed by atoms with Crippen LogP contribution in [-0.4, -0.2) is 37.2 Å². The molecule has 12 heteroatoms. The molecule has 0 aliphatic heterocycles. The van der Waals surface area contributed by atoms with Crippen molar-refractivity contribution in [2.75, 3.05) is 11.9 Å². The van der Waals surface area contributed by atoms with Gasteiger partial charge in [0.25, 0.3) is 0 Å². The maximum absolute atomic E-state index is 13.4. The number of hydrogen-bond donors (Lipinski definition) is 2. The van der Waals surface area contributed by atoms with Gasteiger partial charge in [-0.2, -0.15) is 23.4 Å². The lowest BCUT2D eigenvalue weighted by Crippen LogP contribution is -2.28. The molecule has 0 bridgehead atoms. The number of carbonyl (C=O) groups excluding carboxylic acids is 1. The molecule has 2 N–H and O–H groups in total. The van der Waals surface area contributed by atoms with Gasteiger partial charge < -0.3 is 10.4 Å². The first-order valence-electron chi connectivity index (χ1n) is 11.0. The smallest absolute Gasteiger partial charge is 0.396 e. The van der Waals surface area contributed by atoms with Gasteiger partial charge in [-0.05, 0) is 56.4 Å². The number of rotatable bonds is 9. The van der Waals surface area contributed by atoms with Crippen molar-refractivity contribution >= 4 is 23.2 Å². The lowest BCUT2D eigenvalue weighted by atomic mass is 10.1. The van der Waals surface area contributed by atoms with Crippen molar-refractivity contribution in [1.82, 2.24) is 19.6 Å². The number of nitrogens with zero attached hydrogens (tertiary/aromatic N) is 4. The molecule has 2 aromatic heterocycles. The number of aromatic nitrogens is 4. The quantitative estimate of drug-likeness (QED) is 0.285. The van der Waals surface area contributed by atoms with Crippen LogP contribution in [0.3, 0.4) is 0 Å². The van der Waals surface area contributed by atoms with Gasteiger partial charge in [-0.1, -0.05) is 25.4 Å². The highest BCUT2D eigenvalue weighted by atomic mass is 35.5. The molecule has 3 rings (SSSR count). The molecule has 35 heavy (non-hydrogen) atoms. The van der Waals surface area contributed by atoms with Gasteiger partial charge in [-0.25, -0.2) is 9.07 Å². The Kier molecular flexibility index (Phi) is 8.22. The predicted octanol–water partition coefficient (Wildman–Crippen LogP) is 5.65. The number of benzene rings is 1. The summed E-state index contributed by atoms with van der Waals surface area (Å²) in [6, 6.07) is 4.57. The second kappa shape index (κ2) is 10.8. The lowest BCUT2D eigenvalue weighted by molar-refractivity contribution is -0.141. The van der Waals surface area contributed by atoms with E-state index in [-0.39, 0.29) is 24.6 Å². The molecule has 1 atom stereocenters. The van der Waals surface area contributed by atoms with E-state index in [0.29, 0.717) is 29.9 Å². The minimum absolute atomic E-state index is 0.00855. The Morgan fingerprint density at radius 2 is 1.86 bits per heavy atom. The van der Waals surface area contributed by atoms with Crippen LogP contribution in [0.1, 0.15) is 62.2 Å². The average Bonchev–Trinajstić information content (AvgIpc) is 3.33. The number of hydrogen-bond acceptors (Lipinski definition) is 4. The highest BCUT2D eigenvalue weighted by molar-refractivity contribution is 6.32. The molecule has 0 aliphatic carbocycles. The molecule has 0 radical (unpaired) electrons. The monoisotopic (exact) mass is 515 g/mol. The molecule has 0 aliphatic rings. The minimum Gasteiger partial charge on any atom is -0.396 e. The Morgan fingerprint density at radius 3 is 2.40 bits per heavy atom. The van der Waals surface area contributed by atoms with E-state index < -0.39 is 34.7 Å². The molecule has 1 amide bonds. The molecule has 0 spiro atoms. The van der Waals surface area contributed by atoms with E-state index in [9.17, 15) is 22.4 Å². The second-order valence-electron chi connectivity index (χ2n) is 8.40. The number of aliphatic hydroxyl groups excluding tert-OH is 1. The molecule has 1 aromatic carbocycles. The van der Waals surface area contributed by atoms with Crippen LogP contribution in [0.4, 0.5) is 23.2 Å². The van der Waals surface area contributed by atoms with Crippen molar-refractivity contribution < 1.29 is 27.5 Å². The van der Waals surface area contributed by atoms with E-state index in [0.717, 1.165) is 4.68 Å². The largest absolute Gasteiger partial charge is 0.436 e. The average molecular weight is 516 g/mol. The van der Waals surface area contributed by atoms with E-state index in [4.69, 9.17) is 16.7 Å². The van der Waals surface area contributed by atoms with Crippen LogP contribution in [0.2, 0.25) is 5.02 Å². The van der Waals surface area contributed by atoms with Gasteiger partial charge in [0.15, 0.2) is 5.69 Å². The fourth-order valence-corrected chi connectivity index (χ4v) is 4.04. The van der Waals surface area contributed by atoms with Gasteiger partial charge in [-0.3, -0.25) is 9.48 Å². The van der Waals surface area contributed by atoms with E-state index in [1.165, 1.54) is 25.3 Å². The Balaban J connectivity index is 1.98. The number of carbonyl (C=O) groups is 1. The molecular formula is C23H26ClF4N5O2. The normalized spacial score (nSPS) is 12.9. The molecule has 7 nitrogen and oxygen atoms in total. The standard InChI is InChI=1S/C23H26ClF4N5O2/c1-13(2)20-17(12-29-33(20)16-9-7-15(25)8-10-16)30-22(35)18(6-4-5-11-34)32-14(3)19(24)21(31-32)23(26,27)28/h7-10,12-13,18,34H,4-6,11H2,1-3H3,(H,30,35). The van der Waals surface area contributed by atoms with Gasteiger partial charge in [0.05, 0.1) is 34.0 Å². The summed E-state index contributed by atoms with van der Waals surface area (Å²) < 4.78 is 56.0. The fourth-order valence-electron chi connectivity index (χ4n) is 3.81. The zero-order chi connectivity index (χ0) is 25.9. The lowest BCUT2D eigenvalue weighted by Gasteiger charge is -2.20. The molecule has 0 saturated heterocycles. The van der Waals surface area contributed by atoms with Crippen molar-refractivity contribution in [1.29, 1.82) is 0 Å². The topological polar surface area (TPSA) is 85.0 Å². The Morgan fingerprint density at radius 1 is 1.20 bits per heavy atom. The number of halogens is 5. The van der Waals surface area contributed by atoms with Crippen LogP contribution in [0.5, 0.6) is 0 Å². The molecular weight excluding hydrogens is 490 g/mol. The zero-order valence-corrected chi connectivity index (χ0v) is 20.2. The highest BCUT2D eigenvalue weighted by Gasteiger charge is 2.39. The third kappa shape index (κ3) is 5.84. The first kappa shape index (κ1) is 26.7. The summed E-state index contributed by atoms with van der Waals surface area (Å²) in [5.41, 5.74) is 0.330. The van der Waals surface area contributed by atoms with Gasteiger partial charge >= 0.3 is 6.18 Å². The molecule has 190 valence electrons. The summed E-state index contributed by atoms with van der Waals surface area (Å²) in [4.78, 5) is 13.3. The van der Waals surface area contributed by atoms with E-state index in [1.807, 2.05) is 13.8 Å². The Labute approximate surface area is 204 Å². The van der Waals surface area contributed by atoms with Crippen molar-refractivity contribution in [2.45, 2.75) is 58.2 Å². The van der Waals surface area contributed by atoms with Crippen molar-refractivity contribution in [3.63, 3.8) is 0 Å². The van der Waals surface area contributed by atoms with Crippen LogP contribution in [0, 0.1) is 12.7 Å². The van der Waals surface area contributed by atoms with Crippen LogP contribution < -0.4 is 5.32 Å². The Hall–Kier alpha value is -2.92. The Bertz CT molecular complexity index is 1170. The second-order valence-corrected chi connectivity index (χ2v) is 8.78. The number of amides is 1. The third-order valence-electron chi connectivity index (χ3n) is 5.51. The summed E-state index contributed by atoms with van der Waals surface area (Å²) in [5.74, 6) is -1.11. The van der Waals surface area contributed by atoms with E-state index in [2.05, 4.69) is 15.5 Å². The molecule has 2 heterocycles. The zero-order valence-electron chi connectivity index (χ0n) is 19.4. The number of nitrogens with one attached hydrogen (secondary N) is 1. The van der Waals surface area contributed by atoms with Crippen molar-refractivity contribution in [2.24, 2.45) is 0 Å². The first-order valence-corrected chi connectivity index (χ1v) is 11.4. The van der Waals surface area contributed by atoms with Crippen molar-refractivity contribution in [3.8, 4) is 5.69 Å². The van der Waals surface area contributed by atoms with Gasteiger partial charge in [0.1, 0.15) is 11.9 Å². The number of anilines is 1. The van der Waals surface area contributed by atoms with Crippen LogP contribution in [0.15, 0.2) is 30.5 Å².